The molecule has 0 fully saturated rings. The lowest BCUT2D eigenvalue weighted by molar-refractivity contribution is 0.267. The molecular formula is C10H19N3O3S. The van der Waals surface area contributed by atoms with Gasteiger partial charge in [-0.2, -0.15) is 5.10 Å². The molecule has 0 aliphatic carbocycles. The highest BCUT2D eigenvalue weighted by molar-refractivity contribution is 7.89. The topological polar surface area (TPSA) is 84.2 Å². The van der Waals surface area contributed by atoms with Crippen LogP contribution >= 0.6 is 0 Å². The van der Waals surface area contributed by atoms with Crippen molar-refractivity contribution in [2.75, 3.05) is 13.2 Å². The third-order valence-corrected chi connectivity index (χ3v) is 4.15. The molecule has 0 aromatic carbocycles. The monoisotopic (exact) mass is 261 g/mol. The molecule has 0 amide bonds. The first-order valence-corrected chi connectivity index (χ1v) is 7.07. The summed E-state index contributed by atoms with van der Waals surface area (Å²) in [6.07, 6.45) is 0.738. The second-order valence-corrected chi connectivity index (χ2v) is 5.55. The first-order valence-electron chi connectivity index (χ1n) is 5.58. The van der Waals surface area contributed by atoms with Gasteiger partial charge in [-0.3, -0.25) is 4.68 Å². The summed E-state index contributed by atoms with van der Waals surface area (Å²) >= 11 is 0. The number of hydrogen-bond donors (Lipinski definition) is 2. The molecule has 0 unspecified atom stereocenters. The van der Waals surface area contributed by atoms with Crippen molar-refractivity contribution in [1.29, 1.82) is 0 Å². The molecule has 2 N–H and O–H groups in total. The maximum Gasteiger partial charge on any atom is 0.244 e. The molecule has 0 bridgehead atoms. The lowest BCUT2D eigenvalue weighted by Gasteiger charge is -2.06. The Morgan fingerprint density at radius 2 is 2.06 bits per heavy atom. The van der Waals surface area contributed by atoms with Crippen LogP contribution in [0.5, 0.6) is 0 Å². The number of nitrogens with one attached hydrogen (secondary N) is 1. The van der Waals surface area contributed by atoms with Gasteiger partial charge in [0.25, 0.3) is 0 Å². The molecule has 98 valence electrons. The number of sulfonamides is 1. The average Bonchev–Trinajstić information content (AvgIpc) is 2.52. The SMILES string of the molecule is CCCNS(=O)(=O)c1c(C)nn(CCO)c1C. The van der Waals surface area contributed by atoms with Gasteiger partial charge in [-0.25, -0.2) is 13.1 Å². The number of aliphatic hydroxyl groups is 1. The molecule has 0 saturated carbocycles. The molecule has 7 heteroatoms. The maximum atomic E-state index is 12.0. The predicted molar refractivity (Wildman–Crippen MR) is 64.3 cm³/mol. The Labute approximate surface area is 102 Å². The van der Waals surface area contributed by atoms with Crippen LogP contribution in [0.3, 0.4) is 0 Å². The van der Waals surface area contributed by atoms with Gasteiger partial charge in [-0.15, -0.1) is 0 Å². The van der Waals surface area contributed by atoms with Crippen molar-refractivity contribution in [2.24, 2.45) is 0 Å². The van der Waals surface area contributed by atoms with Crippen LogP contribution in [0.2, 0.25) is 0 Å². The molecule has 17 heavy (non-hydrogen) atoms. The minimum absolute atomic E-state index is 0.0656. The van der Waals surface area contributed by atoms with E-state index < -0.39 is 10.0 Å². The van der Waals surface area contributed by atoms with Crippen LogP contribution in [0.4, 0.5) is 0 Å². The van der Waals surface area contributed by atoms with Crippen molar-refractivity contribution in [2.45, 2.75) is 38.6 Å². The predicted octanol–water partition coefficient (Wildman–Crippen LogP) is 0.181. The van der Waals surface area contributed by atoms with Gasteiger partial charge >= 0.3 is 0 Å². The van der Waals surface area contributed by atoms with Crippen LogP contribution in [-0.4, -0.2) is 36.5 Å². The highest BCUT2D eigenvalue weighted by Gasteiger charge is 2.23. The number of aliphatic hydroxyl groups excluding tert-OH is 1. The summed E-state index contributed by atoms with van der Waals surface area (Å²) in [4.78, 5) is 0.222. The zero-order chi connectivity index (χ0) is 13.1. The first-order chi connectivity index (χ1) is 7.94. The standard InChI is InChI=1S/C10H19N3O3S/c1-4-5-11-17(15,16)10-8(2)12-13(6-7-14)9(10)3/h11,14H,4-7H2,1-3H3. The molecule has 0 atom stereocenters. The van der Waals surface area contributed by atoms with Gasteiger partial charge in [0.2, 0.25) is 10.0 Å². The Hall–Kier alpha value is -0.920. The Morgan fingerprint density at radius 3 is 2.59 bits per heavy atom. The van der Waals surface area contributed by atoms with Crippen molar-refractivity contribution >= 4 is 10.0 Å². The molecule has 6 nitrogen and oxygen atoms in total. The van der Waals surface area contributed by atoms with E-state index in [0.717, 1.165) is 6.42 Å². The third-order valence-electron chi connectivity index (χ3n) is 2.44. The van der Waals surface area contributed by atoms with Crippen LogP contribution in [0.1, 0.15) is 24.7 Å². The van der Waals surface area contributed by atoms with E-state index in [9.17, 15) is 8.42 Å². The number of rotatable bonds is 6. The summed E-state index contributed by atoms with van der Waals surface area (Å²) in [5, 5.41) is 13.0. The zero-order valence-corrected chi connectivity index (χ0v) is 11.2. The Morgan fingerprint density at radius 1 is 1.41 bits per heavy atom. The molecule has 0 aliphatic rings. The minimum atomic E-state index is -3.50. The van der Waals surface area contributed by atoms with E-state index in [4.69, 9.17) is 5.11 Å². The van der Waals surface area contributed by atoms with E-state index in [1.54, 1.807) is 13.8 Å². The molecule has 0 spiro atoms. The minimum Gasteiger partial charge on any atom is -0.394 e. The third kappa shape index (κ3) is 3.05. The van der Waals surface area contributed by atoms with Gasteiger partial charge in [-0.1, -0.05) is 6.92 Å². The second-order valence-electron chi connectivity index (χ2n) is 3.84. The van der Waals surface area contributed by atoms with E-state index in [2.05, 4.69) is 9.82 Å². The van der Waals surface area contributed by atoms with Crippen molar-refractivity contribution in [1.82, 2.24) is 14.5 Å². The fraction of sp³-hybridized carbons (Fsp3) is 0.700. The van der Waals surface area contributed by atoms with Crippen LogP contribution in [0.15, 0.2) is 4.90 Å². The van der Waals surface area contributed by atoms with Crippen molar-refractivity contribution < 1.29 is 13.5 Å². The van der Waals surface area contributed by atoms with Gasteiger partial charge in [0.15, 0.2) is 0 Å². The average molecular weight is 261 g/mol. The Kier molecular flexibility index (Phi) is 4.67. The fourth-order valence-corrected chi connectivity index (χ4v) is 3.23. The summed E-state index contributed by atoms with van der Waals surface area (Å²) in [7, 11) is -3.50. The van der Waals surface area contributed by atoms with Gasteiger partial charge in [0.05, 0.1) is 24.5 Å². The van der Waals surface area contributed by atoms with Gasteiger partial charge in [0, 0.05) is 6.54 Å². The summed E-state index contributed by atoms with van der Waals surface area (Å²) < 4.78 is 28.1. The summed E-state index contributed by atoms with van der Waals surface area (Å²) in [6.45, 7) is 5.89. The molecule has 0 radical (unpaired) electrons. The highest BCUT2D eigenvalue weighted by Crippen LogP contribution is 2.18. The summed E-state index contributed by atoms with van der Waals surface area (Å²) in [5.74, 6) is 0. The molecular weight excluding hydrogens is 242 g/mol. The summed E-state index contributed by atoms with van der Waals surface area (Å²) in [6, 6.07) is 0. The van der Waals surface area contributed by atoms with E-state index in [1.807, 2.05) is 6.92 Å². The van der Waals surface area contributed by atoms with Gasteiger partial charge in [-0.05, 0) is 20.3 Å². The smallest absolute Gasteiger partial charge is 0.244 e. The van der Waals surface area contributed by atoms with Crippen LogP contribution in [-0.2, 0) is 16.6 Å². The van der Waals surface area contributed by atoms with E-state index in [1.165, 1.54) is 4.68 Å². The number of aromatic nitrogens is 2. The maximum absolute atomic E-state index is 12.0. The first kappa shape index (κ1) is 14.1. The van der Waals surface area contributed by atoms with Gasteiger partial charge < -0.3 is 5.11 Å². The quantitative estimate of drug-likeness (QED) is 0.765. The van der Waals surface area contributed by atoms with Crippen LogP contribution in [0, 0.1) is 13.8 Å². The van der Waals surface area contributed by atoms with Crippen molar-refractivity contribution in [3.8, 4) is 0 Å². The Bertz CT molecular complexity index is 479. The van der Waals surface area contributed by atoms with Gasteiger partial charge in [0.1, 0.15) is 4.90 Å². The van der Waals surface area contributed by atoms with Crippen molar-refractivity contribution in [3.63, 3.8) is 0 Å². The molecule has 0 saturated heterocycles. The largest absolute Gasteiger partial charge is 0.394 e. The van der Waals surface area contributed by atoms with E-state index in [0.29, 0.717) is 24.5 Å². The molecule has 1 heterocycles. The van der Waals surface area contributed by atoms with Crippen molar-refractivity contribution in [3.05, 3.63) is 11.4 Å². The lowest BCUT2D eigenvalue weighted by Crippen LogP contribution is -2.25. The van der Waals surface area contributed by atoms with E-state index >= 15 is 0 Å². The lowest BCUT2D eigenvalue weighted by atomic mass is 10.4. The number of hydrogen-bond acceptors (Lipinski definition) is 4. The van der Waals surface area contributed by atoms with Crippen LogP contribution in [0.25, 0.3) is 0 Å². The molecule has 0 aliphatic heterocycles. The molecule has 1 rings (SSSR count). The molecule has 1 aromatic rings. The van der Waals surface area contributed by atoms with E-state index in [-0.39, 0.29) is 11.5 Å². The van der Waals surface area contributed by atoms with Crippen LogP contribution < -0.4 is 4.72 Å². The zero-order valence-electron chi connectivity index (χ0n) is 10.4. The number of nitrogens with zero attached hydrogens (tertiary/aromatic N) is 2. The molecule has 1 aromatic heterocycles. The summed E-state index contributed by atoms with van der Waals surface area (Å²) in [5.41, 5.74) is 1.01. The second kappa shape index (κ2) is 5.61. The normalized spacial score (nSPS) is 12.0. The highest BCUT2D eigenvalue weighted by atomic mass is 32.2. The number of aryl methyl sites for hydroxylation is 1. The fourth-order valence-electron chi connectivity index (χ4n) is 1.69. The Balaban J connectivity index is 3.13.